The molecule has 1 aliphatic carbocycles. The highest BCUT2D eigenvalue weighted by atomic mass is 32.2. The third-order valence-electron chi connectivity index (χ3n) is 6.28. The van der Waals surface area contributed by atoms with Gasteiger partial charge in [0.05, 0.1) is 6.42 Å². The van der Waals surface area contributed by atoms with Crippen LogP contribution in [-0.4, -0.2) is 64.7 Å². The van der Waals surface area contributed by atoms with E-state index in [4.69, 9.17) is 4.74 Å². The summed E-state index contributed by atoms with van der Waals surface area (Å²) in [6.07, 6.45) is -0.436. The summed E-state index contributed by atoms with van der Waals surface area (Å²) in [5, 5.41) is 11.8. The molecule has 2 atom stereocenters. The van der Waals surface area contributed by atoms with Gasteiger partial charge in [0.25, 0.3) is 0 Å². The second kappa shape index (κ2) is 10.3. The summed E-state index contributed by atoms with van der Waals surface area (Å²) < 4.78 is 5.52. The van der Waals surface area contributed by atoms with E-state index in [2.05, 4.69) is 17.4 Å². The van der Waals surface area contributed by atoms with Crippen molar-refractivity contribution in [1.29, 1.82) is 0 Å². The number of benzene rings is 2. The lowest BCUT2D eigenvalue weighted by Crippen LogP contribution is -2.52. The molecule has 2 unspecified atom stereocenters. The summed E-state index contributed by atoms with van der Waals surface area (Å²) in [5.74, 6) is 0.110. The van der Waals surface area contributed by atoms with Gasteiger partial charge in [0.15, 0.2) is 0 Å². The number of rotatable bonds is 6. The zero-order valence-corrected chi connectivity index (χ0v) is 19.3. The van der Waals surface area contributed by atoms with Crippen molar-refractivity contribution in [3.63, 3.8) is 0 Å². The van der Waals surface area contributed by atoms with Crippen LogP contribution in [0.1, 0.15) is 36.8 Å². The number of ether oxygens (including phenoxy) is 1. The molecule has 0 bridgehead atoms. The maximum atomic E-state index is 13.1. The van der Waals surface area contributed by atoms with E-state index in [1.54, 1.807) is 16.7 Å². The van der Waals surface area contributed by atoms with Crippen LogP contribution in [0.15, 0.2) is 48.5 Å². The lowest BCUT2D eigenvalue weighted by Gasteiger charge is -2.30. The molecule has 174 valence electrons. The van der Waals surface area contributed by atoms with Gasteiger partial charge in [-0.1, -0.05) is 48.5 Å². The monoisotopic (exact) mass is 468 g/mol. The molecule has 2 aromatic rings. The van der Waals surface area contributed by atoms with Crippen molar-refractivity contribution in [3.8, 4) is 11.1 Å². The van der Waals surface area contributed by atoms with Gasteiger partial charge in [-0.25, -0.2) is 4.79 Å². The summed E-state index contributed by atoms with van der Waals surface area (Å²) in [7, 11) is 0. The molecule has 0 radical (unpaired) electrons. The van der Waals surface area contributed by atoms with Gasteiger partial charge >= 0.3 is 12.1 Å². The maximum absolute atomic E-state index is 13.1. The second-order valence-corrected chi connectivity index (χ2v) is 9.63. The number of fused-ring (bicyclic) bond motifs is 3. The van der Waals surface area contributed by atoms with Crippen molar-refractivity contribution in [2.75, 3.05) is 24.7 Å². The largest absolute Gasteiger partial charge is 0.481 e. The molecule has 2 amide bonds. The number of carbonyl (C=O) groups is 3. The van der Waals surface area contributed by atoms with E-state index in [1.165, 1.54) is 0 Å². The van der Waals surface area contributed by atoms with Crippen molar-refractivity contribution in [3.05, 3.63) is 59.7 Å². The van der Waals surface area contributed by atoms with Crippen LogP contribution in [-0.2, 0) is 14.3 Å². The van der Waals surface area contributed by atoms with Crippen LogP contribution < -0.4 is 5.32 Å². The Balaban J connectivity index is 1.44. The molecule has 0 saturated carbocycles. The number of alkyl carbamates (subject to hydrolysis) is 1. The molecule has 2 N–H and O–H groups in total. The smallest absolute Gasteiger partial charge is 0.407 e. The van der Waals surface area contributed by atoms with Crippen molar-refractivity contribution in [1.82, 2.24) is 10.2 Å². The van der Waals surface area contributed by atoms with Crippen molar-refractivity contribution < 1.29 is 24.2 Å². The van der Waals surface area contributed by atoms with Gasteiger partial charge in [-0.3, -0.25) is 9.59 Å². The predicted octanol–water partition coefficient (Wildman–Crippen LogP) is 3.72. The number of nitrogens with one attached hydrogen (secondary N) is 1. The van der Waals surface area contributed by atoms with Gasteiger partial charge in [0, 0.05) is 24.3 Å². The first-order valence-electron chi connectivity index (χ1n) is 11.2. The minimum Gasteiger partial charge on any atom is -0.481 e. The Kier molecular flexibility index (Phi) is 7.23. The summed E-state index contributed by atoms with van der Waals surface area (Å²) in [6.45, 7) is 2.59. The molecule has 33 heavy (non-hydrogen) atoms. The molecule has 1 heterocycles. The Morgan fingerprint density at radius 3 is 2.36 bits per heavy atom. The van der Waals surface area contributed by atoms with Crippen molar-refractivity contribution in [2.45, 2.75) is 37.8 Å². The Labute approximate surface area is 197 Å². The second-order valence-electron chi connectivity index (χ2n) is 8.40. The zero-order valence-electron chi connectivity index (χ0n) is 18.5. The van der Waals surface area contributed by atoms with E-state index < -0.39 is 24.5 Å². The Hall–Kier alpha value is -3.00. The van der Waals surface area contributed by atoms with Gasteiger partial charge in [0.2, 0.25) is 5.91 Å². The number of amides is 2. The van der Waals surface area contributed by atoms with Crippen LogP contribution >= 0.6 is 11.8 Å². The third kappa shape index (κ3) is 5.16. The van der Waals surface area contributed by atoms with E-state index in [-0.39, 0.29) is 24.5 Å². The van der Waals surface area contributed by atoms with Gasteiger partial charge in [-0.15, -0.1) is 0 Å². The van der Waals surface area contributed by atoms with Gasteiger partial charge in [-0.2, -0.15) is 11.8 Å². The quantitative estimate of drug-likeness (QED) is 0.671. The molecule has 2 aromatic carbocycles. The van der Waals surface area contributed by atoms with Crippen LogP contribution in [0.25, 0.3) is 11.1 Å². The molecule has 1 fully saturated rings. The van der Waals surface area contributed by atoms with Gasteiger partial charge < -0.3 is 20.1 Å². The number of aliphatic carboxylic acids is 1. The topological polar surface area (TPSA) is 95.9 Å². The summed E-state index contributed by atoms with van der Waals surface area (Å²) >= 11 is 1.77. The third-order valence-corrected chi connectivity index (χ3v) is 7.28. The molecular weight excluding hydrogens is 440 g/mol. The number of nitrogens with zero attached hydrogens (tertiary/aromatic N) is 1. The van der Waals surface area contributed by atoms with Crippen LogP contribution in [0.5, 0.6) is 0 Å². The Morgan fingerprint density at radius 1 is 1.09 bits per heavy atom. The first kappa shape index (κ1) is 23.2. The molecule has 7 nitrogen and oxygen atoms in total. The minimum atomic E-state index is -1.16. The summed E-state index contributed by atoms with van der Waals surface area (Å²) in [5.41, 5.74) is 4.41. The van der Waals surface area contributed by atoms with Crippen LogP contribution in [0.2, 0.25) is 0 Å². The van der Waals surface area contributed by atoms with E-state index in [1.807, 2.05) is 43.3 Å². The Morgan fingerprint density at radius 2 is 1.73 bits per heavy atom. The van der Waals surface area contributed by atoms with Crippen LogP contribution in [0, 0.1) is 0 Å². The molecule has 1 aliphatic heterocycles. The molecule has 4 rings (SSSR count). The average Bonchev–Trinajstić information content (AvgIpc) is 2.96. The van der Waals surface area contributed by atoms with Crippen LogP contribution in [0.3, 0.4) is 0 Å². The highest BCUT2D eigenvalue weighted by Gasteiger charge is 2.33. The number of carboxylic acids is 1. The first-order chi connectivity index (χ1) is 16.0. The molecule has 1 saturated heterocycles. The highest BCUT2D eigenvalue weighted by Crippen LogP contribution is 2.44. The molecule has 0 spiro atoms. The number of carboxylic acid groups (broad SMARTS) is 1. The lowest BCUT2D eigenvalue weighted by molar-refractivity contribution is -0.143. The van der Waals surface area contributed by atoms with E-state index in [0.29, 0.717) is 6.54 Å². The van der Waals surface area contributed by atoms with E-state index in [9.17, 15) is 19.5 Å². The molecule has 2 aliphatic rings. The normalized spacial score (nSPS) is 18.6. The van der Waals surface area contributed by atoms with Crippen molar-refractivity contribution >= 4 is 29.7 Å². The molecule has 8 heteroatoms. The SMILES string of the molecule is CC1CCSCCN1C(=O)C(CC(=O)O)NC(=O)OCC1c2ccccc2-c2ccccc21. The highest BCUT2D eigenvalue weighted by molar-refractivity contribution is 7.99. The fourth-order valence-electron chi connectivity index (χ4n) is 4.58. The number of thioether (sulfide) groups is 1. The number of carbonyl (C=O) groups excluding carboxylic acids is 2. The van der Waals surface area contributed by atoms with Gasteiger partial charge in [-0.05, 0) is 41.4 Å². The zero-order chi connectivity index (χ0) is 23.4. The van der Waals surface area contributed by atoms with Crippen LogP contribution in [0.4, 0.5) is 4.79 Å². The fourth-order valence-corrected chi connectivity index (χ4v) is 5.62. The number of hydrogen-bond acceptors (Lipinski definition) is 5. The minimum absolute atomic E-state index is 0.00638. The summed E-state index contributed by atoms with van der Waals surface area (Å²) in [4.78, 5) is 38.8. The lowest BCUT2D eigenvalue weighted by atomic mass is 9.98. The predicted molar refractivity (Wildman–Crippen MR) is 127 cm³/mol. The average molecular weight is 469 g/mol. The van der Waals surface area contributed by atoms with Gasteiger partial charge in [0.1, 0.15) is 12.6 Å². The molecule has 0 aromatic heterocycles. The molecular formula is C25H28N2O5S. The maximum Gasteiger partial charge on any atom is 0.407 e. The van der Waals surface area contributed by atoms with Crippen molar-refractivity contribution in [2.24, 2.45) is 0 Å². The standard InChI is InChI=1S/C25H28N2O5S/c1-16-10-12-33-13-11-27(16)24(30)22(14-23(28)29)26-25(31)32-15-21-19-8-4-2-6-17(19)18-7-3-5-9-20(18)21/h2-9,16,21-22H,10-15H2,1H3,(H,26,31)(H,28,29). The summed E-state index contributed by atoms with van der Waals surface area (Å²) in [6, 6.07) is 14.9. The fraction of sp³-hybridized carbons (Fsp3) is 0.400. The van der Waals surface area contributed by atoms with E-state index in [0.717, 1.165) is 40.2 Å². The number of hydrogen-bond donors (Lipinski definition) is 2. The Bertz CT molecular complexity index is 997. The van der Waals surface area contributed by atoms with E-state index >= 15 is 0 Å². The first-order valence-corrected chi connectivity index (χ1v) is 12.3.